The van der Waals surface area contributed by atoms with Crippen LogP contribution in [0.3, 0.4) is 0 Å². The first-order valence-electron chi connectivity index (χ1n) is 14.9. The minimum atomic E-state index is -4.51. The van der Waals surface area contributed by atoms with Crippen molar-refractivity contribution in [3.63, 3.8) is 0 Å². The summed E-state index contributed by atoms with van der Waals surface area (Å²) in [6, 6.07) is 23.9. The van der Waals surface area contributed by atoms with E-state index in [2.05, 4.69) is 18.2 Å². The summed E-state index contributed by atoms with van der Waals surface area (Å²) in [6.07, 6.45) is -3.24. The molecule has 1 aliphatic carbocycles. The molecule has 230 valence electrons. The molecule has 0 aromatic heterocycles. The first-order valence-corrected chi connectivity index (χ1v) is 14.9. The fraction of sp³-hybridized carbons (Fsp3) is 0.324. The molecule has 4 nitrogen and oxygen atoms in total. The van der Waals surface area contributed by atoms with E-state index in [1.807, 2.05) is 75.1 Å². The van der Waals surface area contributed by atoms with Crippen molar-refractivity contribution in [3.05, 3.63) is 107 Å². The van der Waals surface area contributed by atoms with Crippen molar-refractivity contribution in [2.45, 2.75) is 65.3 Å². The molecule has 0 atom stereocenters. The molecule has 0 spiro atoms. The SMILES string of the molecule is COc1ccc(CN(CCCC(=O)OC(C)(C)C)c2cc(C(F)(F)F)ccc2-c2c(C)ccc3c2Cc2ccccc2-3)cc1. The lowest BCUT2D eigenvalue weighted by Crippen LogP contribution is -2.27. The van der Waals surface area contributed by atoms with E-state index in [1.165, 1.54) is 17.7 Å². The van der Waals surface area contributed by atoms with Crippen LogP contribution in [0.25, 0.3) is 22.3 Å². The number of ether oxygens (including phenoxy) is 2. The highest BCUT2D eigenvalue weighted by Gasteiger charge is 2.33. The highest BCUT2D eigenvalue weighted by atomic mass is 19.4. The number of aryl methyl sites for hydroxylation is 1. The van der Waals surface area contributed by atoms with E-state index >= 15 is 0 Å². The Labute approximate surface area is 257 Å². The van der Waals surface area contributed by atoms with Crippen LogP contribution in [0.5, 0.6) is 5.75 Å². The lowest BCUT2D eigenvalue weighted by Gasteiger charge is -2.30. The number of benzene rings is 4. The molecule has 0 bridgehead atoms. The Balaban J connectivity index is 1.61. The van der Waals surface area contributed by atoms with Crippen LogP contribution >= 0.6 is 0 Å². The Kier molecular flexibility index (Phi) is 8.78. The number of alkyl halides is 3. The number of fused-ring (bicyclic) bond motifs is 3. The van der Waals surface area contributed by atoms with Crippen LogP contribution in [0.1, 0.15) is 61.4 Å². The molecule has 0 unspecified atom stereocenters. The Morgan fingerprint density at radius 1 is 0.886 bits per heavy atom. The lowest BCUT2D eigenvalue weighted by atomic mass is 9.89. The number of carbonyl (C=O) groups is 1. The third-order valence-electron chi connectivity index (χ3n) is 7.89. The van der Waals surface area contributed by atoms with E-state index in [1.54, 1.807) is 13.2 Å². The molecule has 7 heteroatoms. The maximum absolute atomic E-state index is 14.2. The van der Waals surface area contributed by atoms with E-state index < -0.39 is 17.3 Å². The van der Waals surface area contributed by atoms with Gasteiger partial charge in [0.25, 0.3) is 0 Å². The standard InChI is InChI=1S/C37H38F3NO3/c1-24-12-18-30-29-10-7-6-9-26(29)21-32(30)35(24)31-19-15-27(37(38,39)40)22-33(31)41(20-8-11-34(42)44-36(2,3)4)23-25-13-16-28(43-5)17-14-25/h6-7,9-10,12-19,22H,8,11,20-21,23H2,1-5H3. The maximum Gasteiger partial charge on any atom is 0.416 e. The predicted molar refractivity (Wildman–Crippen MR) is 169 cm³/mol. The summed E-state index contributed by atoms with van der Waals surface area (Å²) in [5.41, 5.74) is 7.34. The molecular weight excluding hydrogens is 563 g/mol. The minimum Gasteiger partial charge on any atom is -0.497 e. The normalized spacial score (nSPS) is 12.5. The van der Waals surface area contributed by atoms with Gasteiger partial charge in [0.15, 0.2) is 0 Å². The molecule has 0 amide bonds. The van der Waals surface area contributed by atoms with E-state index in [0.29, 0.717) is 37.4 Å². The molecule has 0 saturated heterocycles. The zero-order chi connectivity index (χ0) is 31.6. The summed E-state index contributed by atoms with van der Waals surface area (Å²) >= 11 is 0. The molecule has 1 aliphatic rings. The molecule has 0 radical (unpaired) electrons. The fourth-order valence-electron chi connectivity index (χ4n) is 5.93. The van der Waals surface area contributed by atoms with Crippen molar-refractivity contribution >= 4 is 11.7 Å². The highest BCUT2D eigenvalue weighted by molar-refractivity contribution is 5.91. The molecule has 4 aromatic rings. The largest absolute Gasteiger partial charge is 0.497 e. The Hall–Kier alpha value is -4.26. The number of carbonyl (C=O) groups excluding carboxylic acids is 1. The number of hydrogen-bond donors (Lipinski definition) is 0. The molecular formula is C37H38F3NO3. The van der Waals surface area contributed by atoms with E-state index in [4.69, 9.17) is 9.47 Å². The van der Waals surface area contributed by atoms with Gasteiger partial charge in [-0.25, -0.2) is 0 Å². The highest BCUT2D eigenvalue weighted by Crippen LogP contribution is 2.46. The van der Waals surface area contributed by atoms with Gasteiger partial charge in [-0.1, -0.05) is 54.6 Å². The molecule has 4 aromatic carbocycles. The summed E-state index contributed by atoms with van der Waals surface area (Å²) in [6.45, 7) is 8.16. The predicted octanol–water partition coefficient (Wildman–Crippen LogP) is 9.39. The van der Waals surface area contributed by atoms with Crippen LogP contribution in [-0.4, -0.2) is 25.2 Å². The van der Waals surface area contributed by atoms with Gasteiger partial charge in [0.2, 0.25) is 0 Å². The van der Waals surface area contributed by atoms with Crippen molar-refractivity contribution in [2.75, 3.05) is 18.6 Å². The average molecular weight is 602 g/mol. The number of nitrogens with zero attached hydrogens (tertiary/aromatic N) is 1. The molecule has 0 heterocycles. The summed E-state index contributed by atoms with van der Waals surface area (Å²) < 4.78 is 53.3. The summed E-state index contributed by atoms with van der Waals surface area (Å²) in [5.74, 6) is 0.362. The Morgan fingerprint density at radius 3 is 2.27 bits per heavy atom. The molecule has 0 aliphatic heterocycles. The van der Waals surface area contributed by atoms with E-state index in [0.717, 1.165) is 38.9 Å². The maximum atomic E-state index is 14.2. The average Bonchev–Trinajstić information content (AvgIpc) is 3.34. The van der Waals surface area contributed by atoms with Gasteiger partial charge in [0, 0.05) is 30.8 Å². The van der Waals surface area contributed by atoms with Gasteiger partial charge in [-0.15, -0.1) is 0 Å². The van der Waals surface area contributed by atoms with Crippen molar-refractivity contribution in [3.8, 4) is 28.0 Å². The zero-order valence-corrected chi connectivity index (χ0v) is 25.8. The van der Waals surface area contributed by atoms with Crippen LogP contribution in [0.4, 0.5) is 18.9 Å². The lowest BCUT2D eigenvalue weighted by molar-refractivity contribution is -0.154. The van der Waals surface area contributed by atoms with Gasteiger partial charge in [0.05, 0.1) is 12.7 Å². The monoisotopic (exact) mass is 601 g/mol. The number of methoxy groups -OCH3 is 1. The first-order chi connectivity index (χ1) is 20.8. The molecule has 44 heavy (non-hydrogen) atoms. The number of hydrogen-bond acceptors (Lipinski definition) is 4. The van der Waals surface area contributed by atoms with Gasteiger partial charge in [-0.3, -0.25) is 4.79 Å². The van der Waals surface area contributed by atoms with Gasteiger partial charge >= 0.3 is 12.1 Å². The van der Waals surface area contributed by atoms with Crippen LogP contribution < -0.4 is 9.64 Å². The second kappa shape index (κ2) is 12.4. The number of esters is 1. The first kappa shape index (κ1) is 31.2. The Bertz CT molecular complexity index is 1650. The van der Waals surface area contributed by atoms with Crippen molar-refractivity contribution in [2.24, 2.45) is 0 Å². The van der Waals surface area contributed by atoms with E-state index in [9.17, 15) is 18.0 Å². The van der Waals surface area contributed by atoms with Crippen molar-refractivity contribution < 1.29 is 27.4 Å². The van der Waals surface area contributed by atoms with Gasteiger partial charge in [-0.2, -0.15) is 13.2 Å². The quantitative estimate of drug-likeness (QED) is 0.158. The number of rotatable bonds is 9. The fourth-order valence-corrected chi connectivity index (χ4v) is 5.93. The topological polar surface area (TPSA) is 38.8 Å². The minimum absolute atomic E-state index is 0.153. The molecule has 0 fully saturated rings. The summed E-state index contributed by atoms with van der Waals surface area (Å²) in [7, 11) is 1.59. The van der Waals surface area contributed by atoms with Gasteiger partial charge < -0.3 is 14.4 Å². The van der Waals surface area contributed by atoms with Crippen molar-refractivity contribution in [1.82, 2.24) is 0 Å². The molecule has 0 N–H and O–H groups in total. The van der Waals surface area contributed by atoms with Crippen LogP contribution in [0.2, 0.25) is 0 Å². The molecule has 0 saturated carbocycles. The summed E-state index contributed by atoms with van der Waals surface area (Å²) in [5, 5.41) is 0. The Morgan fingerprint density at radius 2 is 1.59 bits per heavy atom. The number of anilines is 1. The third-order valence-corrected chi connectivity index (χ3v) is 7.89. The van der Waals surface area contributed by atoms with Crippen LogP contribution in [-0.2, 0) is 28.7 Å². The summed E-state index contributed by atoms with van der Waals surface area (Å²) in [4.78, 5) is 14.5. The van der Waals surface area contributed by atoms with Crippen LogP contribution in [0.15, 0.2) is 78.9 Å². The number of halogens is 3. The van der Waals surface area contributed by atoms with E-state index in [-0.39, 0.29) is 12.4 Å². The zero-order valence-electron chi connectivity index (χ0n) is 25.8. The second-order valence-corrected chi connectivity index (χ2v) is 12.3. The van der Waals surface area contributed by atoms with Crippen molar-refractivity contribution in [1.29, 1.82) is 0 Å². The van der Waals surface area contributed by atoms with Gasteiger partial charge in [0.1, 0.15) is 11.4 Å². The second-order valence-electron chi connectivity index (χ2n) is 12.3. The van der Waals surface area contributed by atoms with Gasteiger partial charge in [-0.05, 0) is 104 Å². The smallest absolute Gasteiger partial charge is 0.416 e. The molecule has 5 rings (SSSR count). The van der Waals surface area contributed by atoms with Crippen LogP contribution in [0, 0.1) is 6.92 Å². The third kappa shape index (κ3) is 6.93.